The van der Waals surface area contributed by atoms with E-state index in [1.807, 2.05) is 0 Å². The van der Waals surface area contributed by atoms with Gasteiger partial charge < -0.3 is 13.9 Å². The summed E-state index contributed by atoms with van der Waals surface area (Å²) in [6.07, 6.45) is 5.53. The first kappa shape index (κ1) is 18.1. The number of oxazole rings is 1. The first-order chi connectivity index (χ1) is 14.2. The van der Waals surface area contributed by atoms with Crippen LogP contribution < -0.4 is 9.47 Å². The molecule has 0 aliphatic heterocycles. The first-order valence-corrected chi connectivity index (χ1v) is 9.76. The lowest BCUT2D eigenvalue weighted by Gasteiger charge is -2.07. The van der Waals surface area contributed by atoms with Gasteiger partial charge in [0.05, 0.1) is 22.8 Å². The number of nitrogens with zero attached hydrogens (tertiary/aromatic N) is 4. The molecule has 0 amide bonds. The fraction of sp³-hybridized carbons (Fsp3) is 0.200. The van der Waals surface area contributed by atoms with Gasteiger partial charge >= 0.3 is 6.01 Å². The second kappa shape index (κ2) is 7.50. The molecule has 0 atom stereocenters. The molecule has 0 radical (unpaired) electrons. The van der Waals surface area contributed by atoms with Crippen LogP contribution >= 0.6 is 23.2 Å². The highest BCUT2D eigenvalue weighted by molar-refractivity contribution is 6.42. The van der Waals surface area contributed by atoms with E-state index in [0.717, 1.165) is 12.8 Å². The van der Waals surface area contributed by atoms with E-state index >= 15 is 0 Å². The lowest BCUT2D eigenvalue weighted by Crippen LogP contribution is -2.03. The highest BCUT2D eigenvalue weighted by Gasteiger charge is 2.24. The van der Waals surface area contributed by atoms with Gasteiger partial charge in [-0.1, -0.05) is 23.2 Å². The average Bonchev–Trinajstić information content (AvgIpc) is 3.46. The molecule has 7 nitrogen and oxygen atoms in total. The Kier molecular flexibility index (Phi) is 4.69. The number of halogens is 2. The Morgan fingerprint density at radius 3 is 2.72 bits per heavy atom. The molecule has 29 heavy (non-hydrogen) atoms. The highest BCUT2D eigenvalue weighted by Crippen LogP contribution is 2.35. The molecular formula is C20H14Cl2N4O3. The number of pyridine rings is 1. The molecule has 0 spiro atoms. The molecule has 0 saturated heterocycles. The third kappa shape index (κ3) is 3.97. The lowest BCUT2D eigenvalue weighted by atomic mass is 10.2. The monoisotopic (exact) mass is 428 g/mol. The number of fused-ring (bicyclic) bond motifs is 1. The quantitative estimate of drug-likeness (QED) is 0.396. The van der Waals surface area contributed by atoms with Gasteiger partial charge in [-0.3, -0.25) is 4.98 Å². The number of hydrogen-bond acceptors (Lipinski definition) is 7. The molecule has 0 N–H and O–H groups in total. The molecule has 9 heteroatoms. The first-order valence-electron chi connectivity index (χ1n) is 9.00. The van der Waals surface area contributed by atoms with Crippen LogP contribution in [0.25, 0.3) is 22.7 Å². The third-order valence-electron chi connectivity index (χ3n) is 4.37. The summed E-state index contributed by atoms with van der Waals surface area (Å²) >= 11 is 12.1. The van der Waals surface area contributed by atoms with E-state index in [1.54, 1.807) is 42.7 Å². The maximum atomic E-state index is 6.12. The number of benzene rings is 1. The fourth-order valence-electron chi connectivity index (χ4n) is 2.67. The zero-order valence-electron chi connectivity index (χ0n) is 15.0. The van der Waals surface area contributed by atoms with Crippen molar-refractivity contribution in [2.75, 3.05) is 6.61 Å². The third-order valence-corrected chi connectivity index (χ3v) is 5.11. The largest absolute Gasteiger partial charge is 0.476 e. The summed E-state index contributed by atoms with van der Waals surface area (Å²) < 4.78 is 17.5. The number of aromatic nitrogens is 4. The average molecular weight is 429 g/mol. The van der Waals surface area contributed by atoms with Gasteiger partial charge in [-0.05, 0) is 49.1 Å². The second-order valence-electron chi connectivity index (χ2n) is 6.66. The van der Waals surface area contributed by atoms with Gasteiger partial charge in [0.2, 0.25) is 5.89 Å². The topological polar surface area (TPSA) is 83.2 Å². The molecule has 1 saturated carbocycles. The molecule has 4 aromatic rings. The van der Waals surface area contributed by atoms with E-state index in [9.17, 15) is 0 Å². The maximum absolute atomic E-state index is 6.12. The Morgan fingerprint density at radius 1 is 1.07 bits per heavy atom. The molecule has 1 aliphatic carbocycles. The van der Waals surface area contributed by atoms with Gasteiger partial charge in [0.25, 0.3) is 11.6 Å². The van der Waals surface area contributed by atoms with Gasteiger partial charge in [0, 0.05) is 11.8 Å². The molecule has 1 fully saturated rings. The number of hydrogen-bond donors (Lipinski definition) is 0. The Labute approximate surface area is 175 Å². The van der Waals surface area contributed by atoms with Gasteiger partial charge in [-0.2, -0.15) is 9.97 Å². The SMILES string of the molecule is Clc1ccc(-c2nc3c(OCC4CC4)nc(Oc4cccnc4)nc3o2)cc1Cl. The van der Waals surface area contributed by atoms with Crippen LogP contribution in [-0.2, 0) is 0 Å². The predicted octanol–water partition coefficient (Wildman–Crippen LogP) is 5.57. The molecule has 1 aromatic carbocycles. The van der Waals surface area contributed by atoms with Crippen molar-refractivity contribution in [1.29, 1.82) is 0 Å². The molecule has 1 aliphatic rings. The van der Waals surface area contributed by atoms with Crippen LogP contribution in [0.5, 0.6) is 17.6 Å². The summed E-state index contributed by atoms with van der Waals surface area (Å²) in [4.78, 5) is 17.2. The van der Waals surface area contributed by atoms with E-state index in [2.05, 4.69) is 19.9 Å². The summed E-state index contributed by atoms with van der Waals surface area (Å²) in [6.45, 7) is 0.563. The summed E-state index contributed by atoms with van der Waals surface area (Å²) in [7, 11) is 0. The maximum Gasteiger partial charge on any atom is 0.328 e. The Balaban J connectivity index is 1.55. The fourth-order valence-corrected chi connectivity index (χ4v) is 2.97. The van der Waals surface area contributed by atoms with Crippen molar-refractivity contribution in [1.82, 2.24) is 19.9 Å². The standard InChI is InChI=1S/C20H14Cl2N4O3/c21-14-6-5-12(8-15(14)22)17-24-16-18(27-10-11-3-4-11)25-20(26-19(16)29-17)28-13-2-1-7-23-9-13/h1-2,5-9,11H,3-4,10H2. The summed E-state index contributed by atoms with van der Waals surface area (Å²) in [5, 5.41) is 0.857. The van der Waals surface area contributed by atoms with Gasteiger partial charge in [0.1, 0.15) is 5.75 Å². The summed E-state index contributed by atoms with van der Waals surface area (Å²) in [5.41, 5.74) is 1.34. The normalized spacial score (nSPS) is 13.6. The van der Waals surface area contributed by atoms with Crippen LogP contribution in [0, 0.1) is 5.92 Å². The van der Waals surface area contributed by atoms with Crippen LogP contribution in [0.1, 0.15) is 12.8 Å². The molecule has 0 bridgehead atoms. The molecule has 3 aromatic heterocycles. The molecular weight excluding hydrogens is 415 g/mol. The minimum Gasteiger partial charge on any atom is -0.476 e. The Hall–Kier alpha value is -2.90. The summed E-state index contributed by atoms with van der Waals surface area (Å²) in [5.74, 6) is 1.70. The van der Waals surface area contributed by atoms with Crippen LogP contribution in [0.15, 0.2) is 47.1 Å². The minimum atomic E-state index is 0.0909. The van der Waals surface area contributed by atoms with Gasteiger partial charge in [0.15, 0.2) is 5.52 Å². The van der Waals surface area contributed by atoms with Crippen molar-refractivity contribution >= 4 is 34.4 Å². The van der Waals surface area contributed by atoms with Crippen molar-refractivity contribution in [3.63, 3.8) is 0 Å². The van der Waals surface area contributed by atoms with Crippen molar-refractivity contribution in [2.24, 2.45) is 5.92 Å². The lowest BCUT2D eigenvalue weighted by molar-refractivity contribution is 0.286. The highest BCUT2D eigenvalue weighted by atomic mass is 35.5. The number of rotatable bonds is 6. The smallest absolute Gasteiger partial charge is 0.328 e. The number of ether oxygens (including phenoxy) is 2. The predicted molar refractivity (Wildman–Crippen MR) is 108 cm³/mol. The zero-order chi connectivity index (χ0) is 19.8. The second-order valence-corrected chi connectivity index (χ2v) is 7.47. The van der Waals surface area contributed by atoms with Crippen LogP contribution in [-0.4, -0.2) is 26.5 Å². The van der Waals surface area contributed by atoms with E-state index in [1.165, 1.54) is 0 Å². The van der Waals surface area contributed by atoms with Crippen molar-refractivity contribution in [2.45, 2.75) is 12.8 Å². The molecule has 3 heterocycles. The van der Waals surface area contributed by atoms with Crippen molar-refractivity contribution in [3.8, 4) is 29.1 Å². The summed E-state index contributed by atoms with van der Waals surface area (Å²) in [6, 6.07) is 8.74. The zero-order valence-corrected chi connectivity index (χ0v) is 16.5. The Morgan fingerprint density at radius 2 is 1.97 bits per heavy atom. The molecule has 5 rings (SSSR count). The minimum absolute atomic E-state index is 0.0909. The van der Waals surface area contributed by atoms with Gasteiger partial charge in [-0.15, -0.1) is 0 Å². The van der Waals surface area contributed by atoms with Crippen LogP contribution in [0.2, 0.25) is 10.0 Å². The van der Waals surface area contributed by atoms with E-state index in [0.29, 0.717) is 51.2 Å². The van der Waals surface area contributed by atoms with Crippen LogP contribution in [0.3, 0.4) is 0 Å². The molecule has 0 unspecified atom stereocenters. The van der Waals surface area contributed by atoms with Crippen molar-refractivity contribution in [3.05, 3.63) is 52.8 Å². The van der Waals surface area contributed by atoms with Crippen LogP contribution in [0.4, 0.5) is 0 Å². The van der Waals surface area contributed by atoms with Crippen molar-refractivity contribution < 1.29 is 13.9 Å². The van der Waals surface area contributed by atoms with E-state index in [-0.39, 0.29) is 11.7 Å². The van der Waals surface area contributed by atoms with E-state index in [4.69, 9.17) is 37.1 Å². The van der Waals surface area contributed by atoms with E-state index < -0.39 is 0 Å². The Bertz CT molecular complexity index is 1180. The van der Waals surface area contributed by atoms with Gasteiger partial charge in [-0.25, -0.2) is 4.98 Å². The molecule has 146 valence electrons.